The average molecular weight is 491 g/mol. The molecular weight excluding hydrogens is 464 g/mol. The maximum absolute atomic E-state index is 13.2. The largest absolute Gasteiger partial charge is 0.468 e. The molecule has 0 aliphatic heterocycles. The molecule has 0 heterocycles. The lowest BCUT2D eigenvalue weighted by molar-refractivity contribution is -0.168. The van der Waals surface area contributed by atoms with E-state index in [0.29, 0.717) is 5.56 Å². The Hall–Kier alpha value is -4.87. The van der Waals surface area contributed by atoms with Crippen molar-refractivity contribution in [2.75, 3.05) is 14.2 Å². The summed E-state index contributed by atoms with van der Waals surface area (Å²) in [4.78, 5) is 39.0. The fourth-order valence-corrected chi connectivity index (χ4v) is 3.55. The normalized spacial score (nSPS) is 10.7. The monoisotopic (exact) mass is 490 g/mol. The molecule has 0 bridgehead atoms. The smallest absolute Gasteiger partial charge is 0.325 e. The molecule has 184 valence electrons. The van der Waals surface area contributed by atoms with Crippen LogP contribution in [0.3, 0.4) is 0 Å². The van der Waals surface area contributed by atoms with E-state index in [1.54, 1.807) is 30.3 Å². The number of hydrogen-bond acceptors (Lipinski definition) is 5. The molecule has 0 saturated heterocycles. The Kier molecular flexibility index (Phi) is 9.59. The highest BCUT2D eigenvalue weighted by molar-refractivity contribution is 6.14. The molecule has 0 saturated carbocycles. The molecule has 0 fully saturated rings. The highest BCUT2D eigenvalue weighted by Crippen LogP contribution is 2.30. The minimum atomic E-state index is -1.77. The summed E-state index contributed by atoms with van der Waals surface area (Å²) in [5.41, 5.74) is 0.443. The highest BCUT2D eigenvalue weighted by Gasteiger charge is 2.47. The van der Waals surface area contributed by atoms with E-state index in [4.69, 9.17) is 9.47 Å². The lowest BCUT2D eigenvalue weighted by Gasteiger charge is -2.24. The van der Waals surface area contributed by atoms with Gasteiger partial charge in [0.1, 0.15) is 0 Å². The number of ether oxygens (including phenoxy) is 2. The van der Waals surface area contributed by atoms with Gasteiger partial charge >= 0.3 is 11.9 Å². The molecule has 0 amide bonds. The number of ketones is 1. The first-order chi connectivity index (χ1) is 18.0. The van der Waals surface area contributed by atoms with E-state index in [-0.39, 0.29) is 24.2 Å². The molecule has 0 N–H and O–H groups in total. The summed E-state index contributed by atoms with van der Waals surface area (Å²) in [6.07, 6.45) is 1.26. The SMILES string of the molecule is COC(=O)C(CC#C/C(=C\c1ccccc1)C(=O)c1ccccc1)(CC#Cc1ccccc1)C(=O)OC. The van der Waals surface area contributed by atoms with Gasteiger partial charge in [-0.1, -0.05) is 103 Å². The number of esters is 2. The van der Waals surface area contributed by atoms with Crippen molar-refractivity contribution in [1.29, 1.82) is 0 Å². The summed E-state index contributed by atoms with van der Waals surface area (Å²) < 4.78 is 9.91. The van der Waals surface area contributed by atoms with Gasteiger partial charge in [0, 0.05) is 24.0 Å². The summed E-state index contributed by atoms with van der Waals surface area (Å²) in [5.74, 6) is 9.71. The molecule has 0 unspecified atom stereocenters. The van der Waals surface area contributed by atoms with Crippen molar-refractivity contribution >= 4 is 23.8 Å². The molecule has 37 heavy (non-hydrogen) atoms. The van der Waals surface area contributed by atoms with Crippen LogP contribution in [-0.4, -0.2) is 31.9 Å². The van der Waals surface area contributed by atoms with Crippen LogP contribution in [0.5, 0.6) is 0 Å². The number of carbonyl (C=O) groups is 3. The Morgan fingerprint density at radius 1 is 0.730 bits per heavy atom. The minimum absolute atomic E-state index is 0.166. The van der Waals surface area contributed by atoms with Gasteiger partial charge < -0.3 is 9.47 Å². The van der Waals surface area contributed by atoms with Gasteiger partial charge in [0.2, 0.25) is 5.78 Å². The van der Waals surface area contributed by atoms with Crippen LogP contribution in [0.25, 0.3) is 6.08 Å². The van der Waals surface area contributed by atoms with Gasteiger partial charge in [0.05, 0.1) is 19.8 Å². The lowest BCUT2D eigenvalue weighted by atomic mass is 9.81. The Morgan fingerprint density at radius 2 is 1.24 bits per heavy atom. The summed E-state index contributed by atoms with van der Waals surface area (Å²) >= 11 is 0. The van der Waals surface area contributed by atoms with E-state index in [1.807, 2.05) is 66.7 Å². The average Bonchev–Trinajstić information content (AvgIpc) is 2.96. The van der Waals surface area contributed by atoms with Gasteiger partial charge in [-0.15, -0.1) is 0 Å². The van der Waals surface area contributed by atoms with Crippen molar-refractivity contribution in [1.82, 2.24) is 0 Å². The Bertz CT molecular complexity index is 1370. The number of allylic oxidation sites excluding steroid dienone is 1. The van der Waals surface area contributed by atoms with Crippen molar-refractivity contribution in [3.63, 3.8) is 0 Å². The number of hydrogen-bond donors (Lipinski definition) is 0. The molecule has 5 nitrogen and oxygen atoms in total. The fraction of sp³-hybridized carbons (Fsp3) is 0.156. The van der Waals surface area contributed by atoms with E-state index in [0.717, 1.165) is 11.1 Å². The third-order valence-electron chi connectivity index (χ3n) is 5.55. The van der Waals surface area contributed by atoms with Gasteiger partial charge in [0.25, 0.3) is 0 Å². The molecule has 0 aliphatic rings. The first-order valence-corrected chi connectivity index (χ1v) is 11.6. The lowest BCUT2D eigenvalue weighted by Crippen LogP contribution is -2.40. The molecule has 0 radical (unpaired) electrons. The molecule has 5 heteroatoms. The highest BCUT2D eigenvalue weighted by atomic mass is 16.5. The summed E-state index contributed by atoms with van der Waals surface area (Å²) in [7, 11) is 2.38. The Balaban J connectivity index is 2.00. The Labute approximate surface area is 217 Å². The van der Waals surface area contributed by atoms with Gasteiger partial charge in [0.15, 0.2) is 5.41 Å². The van der Waals surface area contributed by atoms with Crippen LogP contribution in [0.4, 0.5) is 0 Å². The number of methoxy groups -OCH3 is 2. The first-order valence-electron chi connectivity index (χ1n) is 11.6. The van der Waals surface area contributed by atoms with Crippen LogP contribution in [0, 0.1) is 29.1 Å². The van der Waals surface area contributed by atoms with Crippen molar-refractivity contribution in [2.45, 2.75) is 12.8 Å². The molecule has 0 spiro atoms. The fourth-order valence-electron chi connectivity index (χ4n) is 3.55. The molecule has 0 atom stereocenters. The van der Waals surface area contributed by atoms with Crippen LogP contribution in [-0.2, 0) is 19.1 Å². The maximum atomic E-state index is 13.2. The van der Waals surface area contributed by atoms with Crippen molar-refractivity contribution in [3.05, 3.63) is 113 Å². The summed E-state index contributed by atoms with van der Waals surface area (Å²) in [6.45, 7) is 0. The van der Waals surface area contributed by atoms with E-state index in [2.05, 4.69) is 23.7 Å². The molecule has 0 aromatic heterocycles. The zero-order valence-electron chi connectivity index (χ0n) is 20.7. The standard InChI is InChI=1S/C32H26O5/c1-36-30(34)32(31(35)37-2,22-12-18-25-14-6-3-7-15-25)23-13-21-28(24-26-16-8-4-9-17-26)29(33)27-19-10-5-11-20-27/h3-11,14-17,19-20,24H,22-23H2,1-2H3/b28-24+. The van der Waals surface area contributed by atoms with Crippen LogP contribution in [0.1, 0.15) is 34.3 Å². The quantitative estimate of drug-likeness (QED) is 0.151. The van der Waals surface area contributed by atoms with Gasteiger partial charge in [-0.05, 0) is 23.8 Å². The second-order valence-corrected chi connectivity index (χ2v) is 8.05. The third kappa shape index (κ3) is 7.07. The van der Waals surface area contributed by atoms with Crippen molar-refractivity contribution < 1.29 is 23.9 Å². The third-order valence-corrected chi connectivity index (χ3v) is 5.55. The second-order valence-electron chi connectivity index (χ2n) is 8.05. The van der Waals surface area contributed by atoms with Gasteiger partial charge in [-0.25, -0.2) is 0 Å². The summed E-state index contributed by atoms with van der Waals surface area (Å²) in [6, 6.07) is 27.2. The second kappa shape index (κ2) is 13.3. The van der Waals surface area contributed by atoms with Gasteiger partial charge in [-0.2, -0.15) is 0 Å². The topological polar surface area (TPSA) is 69.7 Å². The van der Waals surface area contributed by atoms with Crippen molar-refractivity contribution in [3.8, 4) is 23.7 Å². The number of benzene rings is 3. The van der Waals surface area contributed by atoms with E-state index >= 15 is 0 Å². The molecule has 3 rings (SSSR count). The zero-order chi connectivity index (χ0) is 26.5. The predicted molar refractivity (Wildman–Crippen MR) is 142 cm³/mol. The summed E-state index contributed by atoms with van der Waals surface area (Å²) in [5, 5.41) is 0. The van der Waals surface area contributed by atoms with Crippen LogP contribution in [0.15, 0.2) is 96.6 Å². The minimum Gasteiger partial charge on any atom is -0.468 e. The van der Waals surface area contributed by atoms with E-state index < -0.39 is 17.4 Å². The molecule has 3 aromatic carbocycles. The maximum Gasteiger partial charge on any atom is 0.325 e. The number of carbonyl (C=O) groups excluding carboxylic acids is 3. The van der Waals surface area contributed by atoms with Crippen LogP contribution < -0.4 is 0 Å². The first kappa shape index (κ1) is 26.7. The zero-order valence-corrected chi connectivity index (χ0v) is 20.7. The molecule has 0 aliphatic carbocycles. The number of rotatable bonds is 7. The van der Waals surface area contributed by atoms with E-state index in [9.17, 15) is 14.4 Å². The van der Waals surface area contributed by atoms with Crippen molar-refractivity contribution in [2.24, 2.45) is 5.41 Å². The van der Waals surface area contributed by atoms with Crippen LogP contribution in [0.2, 0.25) is 0 Å². The molecular formula is C32H26O5. The molecule has 3 aromatic rings. The van der Waals surface area contributed by atoms with E-state index in [1.165, 1.54) is 14.2 Å². The number of Topliss-reactive ketones (excluding diaryl/α,β-unsaturated/α-hetero) is 1. The van der Waals surface area contributed by atoms with Gasteiger partial charge in [-0.3, -0.25) is 14.4 Å². The predicted octanol–water partition coefficient (Wildman–Crippen LogP) is 5.12. The Morgan fingerprint density at radius 3 is 1.81 bits per heavy atom. The van der Waals surface area contributed by atoms with Crippen LogP contribution >= 0.6 is 0 Å².